The smallest absolute Gasteiger partial charge is 0.136 e. The van der Waals surface area contributed by atoms with Gasteiger partial charge in [-0.05, 0) is 117 Å². The van der Waals surface area contributed by atoms with Gasteiger partial charge in [-0.3, -0.25) is 0 Å². The topological polar surface area (TPSA) is 13.1 Å². The van der Waals surface area contributed by atoms with Crippen molar-refractivity contribution in [2.75, 3.05) is 0 Å². The lowest BCUT2D eigenvalue weighted by Crippen LogP contribution is -1.96. The van der Waals surface area contributed by atoms with E-state index in [9.17, 15) is 0 Å². The lowest BCUT2D eigenvalue weighted by Gasteiger charge is -2.23. The predicted octanol–water partition coefficient (Wildman–Crippen LogP) is 17.0. The van der Waals surface area contributed by atoms with Crippen molar-refractivity contribution in [1.29, 1.82) is 0 Å². The van der Waals surface area contributed by atoms with E-state index >= 15 is 0 Å². The van der Waals surface area contributed by atoms with Crippen molar-refractivity contribution in [2.24, 2.45) is 0 Å². The van der Waals surface area contributed by atoms with Crippen molar-refractivity contribution in [3.63, 3.8) is 0 Å². The molecule has 0 unspecified atom stereocenters. The summed E-state index contributed by atoms with van der Waals surface area (Å²) in [5.41, 5.74) is 16.3. The molecule has 0 N–H and O–H groups in total. The molecule has 1 aromatic heterocycles. The Hall–Kier alpha value is -8.00. The van der Waals surface area contributed by atoms with Gasteiger partial charge < -0.3 is 4.42 Å². The normalized spacial score (nSPS) is 11.6. The molecule has 0 saturated heterocycles. The second-order valence-electron chi connectivity index (χ2n) is 15.9. The molecule has 1 heteroatoms. The molecule has 12 aromatic rings. The molecule has 0 spiro atoms. The average Bonchev–Trinajstić information content (AvgIpc) is 3.72. The second-order valence-corrected chi connectivity index (χ2v) is 15.9. The first-order valence-electron chi connectivity index (χ1n) is 21.0. The van der Waals surface area contributed by atoms with Crippen molar-refractivity contribution in [3.05, 3.63) is 231 Å². The van der Waals surface area contributed by atoms with Crippen LogP contribution in [0.25, 0.3) is 121 Å². The molecule has 0 saturated carbocycles. The Bertz CT molecular complexity index is 3500. The fourth-order valence-electron chi connectivity index (χ4n) is 9.84. The van der Waals surface area contributed by atoms with Crippen LogP contribution in [0.3, 0.4) is 0 Å². The summed E-state index contributed by atoms with van der Waals surface area (Å²) in [7, 11) is 0. The molecule has 284 valence electrons. The van der Waals surface area contributed by atoms with Gasteiger partial charge in [0.15, 0.2) is 0 Å². The minimum atomic E-state index is 0.893. The van der Waals surface area contributed by atoms with Crippen LogP contribution in [0.5, 0.6) is 0 Å². The molecular formula is C60H38O. The van der Waals surface area contributed by atoms with Gasteiger partial charge >= 0.3 is 0 Å². The van der Waals surface area contributed by atoms with Crippen molar-refractivity contribution in [1.82, 2.24) is 0 Å². The molecule has 0 atom stereocenters. The molecule has 0 bridgehead atoms. The quantitative estimate of drug-likeness (QED) is 0.153. The molecule has 0 aliphatic carbocycles. The maximum atomic E-state index is 6.60. The number of furan rings is 1. The number of hydrogen-bond acceptors (Lipinski definition) is 1. The van der Waals surface area contributed by atoms with Gasteiger partial charge in [0.2, 0.25) is 0 Å². The number of hydrogen-bond donors (Lipinski definition) is 0. The highest BCUT2D eigenvalue weighted by atomic mass is 16.3. The summed E-state index contributed by atoms with van der Waals surface area (Å²) in [6.45, 7) is 0. The van der Waals surface area contributed by atoms with Crippen LogP contribution >= 0.6 is 0 Å². The third-order valence-electron chi connectivity index (χ3n) is 12.5. The van der Waals surface area contributed by atoms with E-state index in [1.54, 1.807) is 0 Å². The Balaban J connectivity index is 1.11. The maximum Gasteiger partial charge on any atom is 0.136 e. The number of fused-ring (bicyclic) bond motifs is 6. The summed E-state index contributed by atoms with van der Waals surface area (Å²) in [4.78, 5) is 0. The van der Waals surface area contributed by atoms with Gasteiger partial charge in [-0.15, -0.1) is 0 Å². The number of rotatable bonds is 6. The van der Waals surface area contributed by atoms with E-state index in [2.05, 4.69) is 231 Å². The van der Waals surface area contributed by atoms with Crippen LogP contribution in [0.15, 0.2) is 235 Å². The van der Waals surface area contributed by atoms with Crippen LogP contribution in [-0.2, 0) is 0 Å². The van der Waals surface area contributed by atoms with Crippen molar-refractivity contribution in [3.8, 4) is 66.8 Å². The SMILES string of the molecule is c1ccc(-c2ccc3c(c2)oc2cccc(-c4ccc(-c5c6ccccc6c(-c6c(-c7ccccc7)cccc6-c6ccccc6)c6ccccc56)c5ccccc45)c23)cc1. The first-order valence-corrected chi connectivity index (χ1v) is 21.0. The van der Waals surface area contributed by atoms with Crippen LogP contribution in [-0.4, -0.2) is 0 Å². The van der Waals surface area contributed by atoms with E-state index in [0.717, 1.165) is 27.5 Å². The minimum Gasteiger partial charge on any atom is -0.456 e. The van der Waals surface area contributed by atoms with Gasteiger partial charge in [0.1, 0.15) is 11.2 Å². The first kappa shape index (κ1) is 35.0. The van der Waals surface area contributed by atoms with Crippen LogP contribution in [0.4, 0.5) is 0 Å². The zero-order chi connectivity index (χ0) is 40.3. The van der Waals surface area contributed by atoms with Crippen LogP contribution in [0.1, 0.15) is 0 Å². The van der Waals surface area contributed by atoms with Gasteiger partial charge in [-0.2, -0.15) is 0 Å². The zero-order valence-electron chi connectivity index (χ0n) is 33.3. The summed E-state index contributed by atoms with van der Waals surface area (Å²) < 4.78 is 6.60. The van der Waals surface area contributed by atoms with Gasteiger partial charge in [0.25, 0.3) is 0 Å². The van der Waals surface area contributed by atoms with Crippen LogP contribution in [0.2, 0.25) is 0 Å². The Morgan fingerprint density at radius 2 is 0.672 bits per heavy atom. The highest BCUT2D eigenvalue weighted by molar-refractivity contribution is 6.26. The molecule has 1 nitrogen and oxygen atoms in total. The Morgan fingerprint density at radius 3 is 1.26 bits per heavy atom. The molecule has 11 aromatic carbocycles. The van der Waals surface area contributed by atoms with E-state index in [1.165, 1.54) is 93.5 Å². The zero-order valence-corrected chi connectivity index (χ0v) is 33.3. The van der Waals surface area contributed by atoms with E-state index in [0.29, 0.717) is 0 Å². The van der Waals surface area contributed by atoms with Crippen LogP contribution in [0, 0.1) is 0 Å². The van der Waals surface area contributed by atoms with Gasteiger partial charge in [0.05, 0.1) is 0 Å². The fourth-order valence-corrected chi connectivity index (χ4v) is 9.84. The molecule has 0 aliphatic heterocycles. The number of benzene rings is 11. The highest BCUT2D eigenvalue weighted by Crippen LogP contribution is 2.51. The second kappa shape index (κ2) is 14.4. The van der Waals surface area contributed by atoms with Crippen molar-refractivity contribution < 1.29 is 4.42 Å². The molecular weight excluding hydrogens is 737 g/mol. The lowest BCUT2D eigenvalue weighted by molar-refractivity contribution is 0.669. The molecule has 61 heavy (non-hydrogen) atoms. The Kier molecular flexibility index (Phi) is 8.25. The molecule has 0 amide bonds. The lowest BCUT2D eigenvalue weighted by atomic mass is 9.80. The third kappa shape index (κ3) is 5.70. The van der Waals surface area contributed by atoms with Crippen molar-refractivity contribution in [2.45, 2.75) is 0 Å². The summed E-state index contributed by atoms with van der Waals surface area (Å²) in [6, 6.07) is 83.7. The largest absolute Gasteiger partial charge is 0.456 e. The Labute approximate surface area is 354 Å². The van der Waals surface area contributed by atoms with Gasteiger partial charge in [-0.1, -0.05) is 212 Å². The summed E-state index contributed by atoms with van der Waals surface area (Å²) >= 11 is 0. The van der Waals surface area contributed by atoms with E-state index < -0.39 is 0 Å². The standard InChI is InChI=1S/C60H38O/c1-4-18-39(19-5-1)42-34-35-54-56(38-42)61-55-33-17-32-48(58(54)55)47-36-37-53(46-25-11-10-24-45(46)47)57-49-26-12-14-28-51(49)60(52-29-15-13-27-50(52)57)59-43(40-20-6-2-7-21-40)30-16-31-44(59)41-22-8-3-9-23-41/h1-38H. The minimum absolute atomic E-state index is 0.893. The molecule has 0 fully saturated rings. The van der Waals surface area contributed by atoms with Crippen LogP contribution < -0.4 is 0 Å². The molecule has 0 radical (unpaired) electrons. The molecule has 1 heterocycles. The van der Waals surface area contributed by atoms with Crippen molar-refractivity contribution >= 4 is 54.3 Å². The summed E-state index contributed by atoms with van der Waals surface area (Å²) in [6.07, 6.45) is 0. The molecule has 12 rings (SSSR count). The predicted molar refractivity (Wildman–Crippen MR) is 259 cm³/mol. The Morgan fingerprint density at radius 1 is 0.213 bits per heavy atom. The van der Waals surface area contributed by atoms with Gasteiger partial charge in [0, 0.05) is 10.8 Å². The first-order chi connectivity index (χ1) is 30.3. The third-order valence-corrected chi connectivity index (χ3v) is 12.5. The fraction of sp³-hybridized carbons (Fsp3) is 0. The monoisotopic (exact) mass is 774 g/mol. The highest BCUT2D eigenvalue weighted by Gasteiger charge is 2.23. The average molecular weight is 775 g/mol. The summed E-state index contributed by atoms with van der Waals surface area (Å²) in [5.74, 6) is 0. The summed E-state index contributed by atoms with van der Waals surface area (Å²) in [5, 5.41) is 9.61. The van der Waals surface area contributed by atoms with E-state index in [1.807, 2.05) is 0 Å². The van der Waals surface area contributed by atoms with Gasteiger partial charge in [-0.25, -0.2) is 0 Å². The maximum absolute atomic E-state index is 6.60. The van der Waals surface area contributed by atoms with E-state index in [4.69, 9.17) is 4.42 Å². The molecule has 0 aliphatic rings. The van der Waals surface area contributed by atoms with E-state index in [-0.39, 0.29) is 0 Å².